The third kappa shape index (κ3) is 4.55. The minimum atomic E-state index is -0.158. The summed E-state index contributed by atoms with van der Waals surface area (Å²) >= 11 is 1.54. The van der Waals surface area contributed by atoms with Crippen molar-refractivity contribution in [3.63, 3.8) is 0 Å². The number of aromatic nitrogens is 2. The highest BCUT2D eigenvalue weighted by Gasteiger charge is 2.18. The number of nitrogens with zero attached hydrogens (tertiary/aromatic N) is 3. The summed E-state index contributed by atoms with van der Waals surface area (Å²) < 4.78 is 7.99. The molecule has 1 fully saturated rings. The predicted octanol–water partition coefficient (Wildman–Crippen LogP) is 2.74. The van der Waals surface area contributed by atoms with E-state index in [-0.39, 0.29) is 12.3 Å². The molecule has 0 saturated carbocycles. The van der Waals surface area contributed by atoms with Crippen LogP contribution in [0.3, 0.4) is 0 Å². The Labute approximate surface area is 151 Å². The minimum Gasteiger partial charge on any atom is -0.376 e. The summed E-state index contributed by atoms with van der Waals surface area (Å²) in [4.78, 5) is 16.2. The Morgan fingerprint density at radius 2 is 2.36 bits per heavy atom. The van der Waals surface area contributed by atoms with Crippen molar-refractivity contribution < 1.29 is 9.53 Å². The Morgan fingerprint density at radius 1 is 1.52 bits per heavy atom. The Morgan fingerprint density at radius 3 is 3.04 bits per heavy atom. The molecule has 1 aliphatic heterocycles. The van der Waals surface area contributed by atoms with Gasteiger partial charge in [-0.05, 0) is 39.7 Å². The summed E-state index contributed by atoms with van der Waals surface area (Å²) in [6.45, 7) is 7.83. The van der Waals surface area contributed by atoms with Crippen LogP contribution in [-0.2, 0) is 22.5 Å². The van der Waals surface area contributed by atoms with Gasteiger partial charge in [-0.1, -0.05) is 0 Å². The average molecular weight is 360 g/mol. The molecule has 3 heterocycles. The second-order valence-electron chi connectivity index (χ2n) is 6.40. The van der Waals surface area contributed by atoms with Gasteiger partial charge in [0, 0.05) is 35.5 Å². The van der Waals surface area contributed by atoms with Crippen molar-refractivity contribution in [2.45, 2.75) is 52.7 Å². The molecule has 0 radical (unpaired) electrons. The van der Waals surface area contributed by atoms with E-state index >= 15 is 0 Å². The SMILES string of the molecule is Cc1nc(CC(=O)N/N=C\c2cc(C)n(C[C@@H]3CCCO3)c2C)cs1. The largest absolute Gasteiger partial charge is 0.376 e. The topological polar surface area (TPSA) is 68.5 Å². The highest BCUT2D eigenvalue weighted by Crippen LogP contribution is 2.19. The zero-order valence-corrected chi connectivity index (χ0v) is 15.7. The quantitative estimate of drug-likeness (QED) is 0.636. The van der Waals surface area contributed by atoms with E-state index in [1.165, 1.54) is 5.69 Å². The molecule has 25 heavy (non-hydrogen) atoms. The van der Waals surface area contributed by atoms with Gasteiger partial charge in [0.1, 0.15) is 0 Å². The number of rotatable bonds is 6. The maximum absolute atomic E-state index is 11.9. The van der Waals surface area contributed by atoms with Crippen LogP contribution >= 0.6 is 11.3 Å². The molecule has 1 saturated heterocycles. The summed E-state index contributed by atoms with van der Waals surface area (Å²) in [5, 5.41) is 6.96. The molecule has 1 amide bonds. The second-order valence-corrected chi connectivity index (χ2v) is 7.46. The van der Waals surface area contributed by atoms with Gasteiger partial charge in [0.05, 0.1) is 29.4 Å². The lowest BCUT2D eigenvalue weighted by molar-refractivity contribution is -0.120. The normalized spacial score (nSPS) is 17.5. The lowest BCUT2D eigenvalue weighted by Crippen LogP contribution is -2.20. The van der Waals surface area contributed by atoms with Crippen LogP contribution in [0.15, 0.2) is 16.5 Å². The first-order valence-electron chi connectivity index (χ1n) is 8.54. The van der Waals surface area contributed by atoms with Crippen molar-refractivity contribution in [2.24, 2.45) is 5.10 Å². The van der Waals surface area contributed by atoms with E-state index in [2.05, 4.69) is 40.0 Å². The highest BCUT2D eigenvalue weighted by atomic mass is 32.1. The Bertz CT molecular complexity index is 772. The molecule has 0 spiro atoms. The average Bonchev–Trinajstić information content (AvgIpc) is 3.27. The molecule has 0 aromatic carbocycles. The number of thiazole rings is 1. The molecule has 2 aromatic heterocycles. The number of carbonyl (C=O) groups is 1. The standard InChI is InChI=1S/C18H24N4O2S/c1-12-7-15(13(2)22(12)10-17-5-4-6-24-17)9-19-21-18(23)8-16-11-25-14(3)20-16/h7,9,11,17H,4-6,8,10H2,1-3H3,(H,21,23)/b19-9-/t17-/m0/s1. The highest BCUT2D eigenvalue weighted by molar-refractivity contribution is 7.09. The third-order valence-corrected chi connectivity index (χ3v) is 5.25. The van der Waals surface area contributed by atoms with Crippen molar-refractivity contribution in [2.75, 3.05) is 6.61 Å². The van der Waals surface area contributed by atoms with E-state index in [0.717, 1.165) is 48.0 Å². The minimum absolute atomic E-state index is 0.158. The first-order valence-corrected chi connectivity index (χ1v) is 9.42. The smallest absolute Gasteiger partial charge is 0.246 e. The maximum Gasteiger partial charge on any atom is 0.246 e. The van der Waals surface area contributed by atoms with Crippen LogP contribution in [0.1, 0.15) is 40.5 Å². The predicted molar refractivity (Wildman–Crippen MR) is 99.2 cm³/mol. The number of amides is 1. The monoisotopic (exact) mass is 360 g/mol. The Balaban J connectivity index is 1.58. The third-order valence-electron chi connectivity index (χ3n) is 4.42. The van der Waals surface area contributed by atoms with E-state index < -0.39 is 0 Å². The van der Waals surface area contributed by atoms with Gasteiger partial charge >= 0.3 is 0 Å². The van der Waals surface area contributed by atoms with Crippen molar-refractivity contribution in [3.8, 4) is 0 Å². The van der Waals surface area contributed by atoms with Crippen molar-refractivity contribution in [3.05, 3.63) is 39.1 Å². The Kier molecular flexibility index (Phi) is 5.65. The molecule has 0 aliphatic carbocycles. The van der Waals surface area contributed by atoms with Crippen LogP contribution in [0.4, 0.5) is 0 Å². The summed E-state index contributed by atoms with van der Waals surface area (Å²) in [5.41, 5.74) is 6.69. The van der Waals surface area contributed by atoms with Gasteiger partial charge in [-0.2, -0.15) is 5.10 Å². The molecular formula is C18H24N4O2S. The molecule has 0 unspecified atom stereocenters. The first-order chi connectivity index (χ1) is 12.0. The van der Waals surface area contributed by atoms with Crippen LogP contribution < -0.4 is 5.43 Å². The summed E-state index contributed by atoms with van der Waals surface area (Å²) in [6.07, 6.45) is 4.52. The number of hydrogen-bond donors (Lipinski definition) is 1. The van der Waals surface area contributed by atoms with Crippen LogP contribution in [0, 0.1) is 20.8 Å². The molecule has 1 N–H and O–H groups in total. The van der Waals surface area contributed by atoms with Crippen LogP contribution in [0.2, 0.25) is 0 Å². The van der Waals surface area contributed by atoms with E-state index in [1.807, 2.05) is 12.3 Å². The lowest BCUT2D eigenvalue weighted by Gasteiger charge is -2.14. The summed E-state index contributed by atoms with van der Waals surface area (Å²) in [7, 11) is 0. The van der Waals surface area contributed by atoms with Gasteiger partial charge in [-0.15, -0.1) is 11.3 Å². The fraction of sp³-hybridized carbons (Fsp3) is 0.500. The van der Waals surface area contributed by atoms with Crippen LogP contribution in [0.5, 0.6) is 0 Å². The van der Waals surface area contributed by atoms with Crippen LogP contribution in [0.25, 0.3) is 0 Å². The molecule has 0 bridgehead atoms. The molecule has 2 aromatic rings. The second kappa shape index (κ2) is 7.93. The molecule has 6 nitrogen and oxygen atoms in total. The Hall–Kier alpha value is -1.99. The maximum atomic E-state index is 11.9. The molecule has 7 heteroatoms. The zero-order chi connectivity index (χ0) is 17.8. The molecule has 134 valence electrons. The van der Waals surface area contributed by atoms with Gasteiger partial charge < -0.3 is 9.30 Å². The molecule has 1 atom stereocenters. The van der Waals surface area contributed by atoms with Gasteiger partial charge in [-0.25, -0.2) is 10.4 Å². The van der Waals surface area contributed by atoms with Gasteiger partial charge in [-0.3, -0.25) is 4.79 Å². The van der Waals surface area contributed by atoms with Gasteiger partial charge in [0.2, 0.25) is 5.91 Å². The van der Waals surface area contributed by atoms with Crippen molar-refractivity contribution >= 4 is 23.5 Å². The number of carbonyl (C=O) groups excluding carboxylic acids is 1. The molecule has 3 rings (SSSR count). The van der Waals surface area contributed by atoms with Gasteiger partial charge in [0.15, 0.2) is 0 Å². The molecular weight excluding hydrogens is 336 g/mol. The number of hydrazone groups is 1. The number of aryl methyl sites for hydroxylation is 2. The number of ether oxygens (including phenoxy) is 1. The number of hydrogen-bond acceptors (Lipinski definition) is 5. The number of nitrogens with one attached hydrogen (secondary N) is 1. The first kappa shape index (κ1) is 17.8. The fourth-order valence-corrected chi connectivity index (χ4v) is 3.71. The van der Waals surface area contributed by atoms with E-state index in [1.54, 1.807) is 17.6 Å². The van der Waals surface area contributed by atoms with Crippen molar-refractivity contribution in [1.82, 2.24) is 15.0 Å². The fourth-order valence-electron chi connectivity index (χ4n) is 3.10. The van der Waals surface area contributed by atoms with Crippen molar-refractivity contribution in [1.29, 1.82) is 0 Å². The summed E-state index contributed by atoms with van der Waals surface area (Å²) in [5.74, 6) is -0.158. The van der Waals surface area contributed by atoms with E-state index in [4.69, 9.17) is 4.74 Å². The van der Waals surface area contributed by atoms with Crippen LogP contribution in [-0.4, -0.2) is 34.4 Å². The van der Waals surface area contributed by atoms with E-state index in [0.29, 0.717) is 6.10 Å². The van der Waals surface area contributed by atoms with E-state index in [9.17, 15) is 4.79 Å². The van der Waals surface area contributed by atoms with Gasteiger partial charge in [0.25, 0.3) is 0 Å². The zero-order valence-electron chi connectivity index (χ0n) is 14.9. The molecule has 1 aliphatic rings. The lowest BCUT2D eigenvalue weighted by atomic mass is 10.2. The summed E-state index contributed by atoms with van der Waals surface area (Å²) in [6, 6.07) is 2.09.